The van der Waals surface area contributed by atoms with Gasteiger partial charge in [-0.1, -0.05) is 48.0 Å². The van der Waals surface area contributed by atoms with E-state index in [1.54, 1.807) is 12.1 Å². The van der Waals surface area contributed by atoms with E-state index >= 15 is 0 Å². The van der Waals surface area contributed by atoms with E-state index in [4.69, 9.17) is 16.3 Å². The molecule has 0 fully saturated rings. The highest BCUT2D eigenvalue weighted by Gasteiger charge is 2.33. The molecule has 0 saturated carbocycles. The lowest BCUT2D eigenvalue weighted by Gasteiger charge is -2.18. The molecule has 0 unspecified atom stereocenters. The smallest absolute Gasteiger partial charge is 0.306 e. The zero-order chi connectivity index (χ0) is 14.6. The Bertz CT molecular complexity index is 600. The third kappa shape index (κ3) is 3.14. The monoisotopic (exact) mass is 296 g/mol. The minimum Gasteiger partial charge on any atom is -0.485 e. The third-order valence-corrected chi connectivity index (χ3v) is 3.02. The highest BCUT2D eigenvalue weighted by molar-refractivity contribution is 6.32. The molecule has 20 heavy (non-hydrogen) atoms. The van der Waals surface area contributed by atoms with Gasteiger partial charge in [0, 0.05) is 5.56 Å². The van der Waals surface area contributed by atoms with Crippen molar-refractivity contribution in [2.24, 2.45) is 0 Å². The fourth-order valence-corrected chi connectivity index (χ4v) is 1.94. The number of aldehydes is 1. The van der Waals surface area contributed by atoms with Crippen molar-refractivity contribution in [1.82, 2.24) is 0 Å². The van der Waals surface area contributed by atoms with Gasteiger partial charge in [-0.15, -0.1) is 0 Å². The quantitative estimate of drug-likeness (QED) is 0.768. The van der Waals surface area contributed by atoms with Gasteiger partial charge in [0.1, 0.15) is 5.75 Å². The summed E-state index contributed by atoms with van der Waals surface area (Å²) in [6, 6.07) is 11.8. The van der Waals surface area contributed by atoms with Gasteiger partial charge >= 0.3 is 5.92 Å². The van der Waals surface area contributed by atoms with Crippen LogP contribution >= 0.6 is 11.6 Å². The second-order valence-corrected chi connectivity index (χ2v) is 4.54. The lowest BCUT2D eigenvalue weighted by atomic mass is 10.1. The number of rotatable bonds is 5. The molecule has 0 spiro atoms. The van der Waals surface area contributed by atoms with Crippen LogP contribution in [0.4, 0.5) is 8.78 Å². The summed E-state index contributed by atoms with van der Waals surface area (Å²) in [4.78, 5) is 10.8. The summed E-state index contributed by atoms with van der Waals surface area (Å²) in [7, 11) is 0. The summed E-state index contributed by atoms with van der Waals surface area (Å²) >= 11 is 5.85. The van der Waals surface area contributed by atoms with Crippen LogP contribution < -0.4 is 4.74 Å². The number of carbonyl (C=O) groups excluding carboxylic acids is 1. The zero-order valence-electron chi connectivity index (χ0n) is 10.4. The predicted octanol–water partition coefficient (Wildman–Crippen LogP) is 4.32. The number of hydrogen-bond acceptors (Lipinski definition) is 2. The minimum absolute atomic E-state index is 0.0280. The lowest BCUT2D eigenvalue weighted by Crippen LogP contribution is -2.23. The molecule has 104 valence electrons. The number of para-hydroxylation sites is 1. The molecule has 0 aliphatic heterocycles. The molecule has 0 aliphatic rings. The summed E-state index contributed by atoms with van der Waals surface area (Å²) in [5.41, 5.74) is -0.0129. The molecule has 0 amide bonds. The summed E-state index contributed by atoms with van der Waals surface area (Å²) < 4.78 is 33.0. The lowest BCUT2D eigenvalue weighted by molar-refractivity contribution is -0.0468. The van der Waals surface area contributed by atoms with Crippen LogP contribution in [0.25, 0.3) is 0 Å². The van der Waals surface area contributed by atoms with E-state index in [1.807, 2.05) is 0 Å². The molecule has 0 aliphatic carbocycles. The third-order valence-electron chi connectivity index (χ3n) is 2.72. The van der Waals surface area contributed by atoms with E-state index < -0.39 is 12.5 Å². The largest absolute Gasteiger partial charge is 0.485 e. The van der Waals surface area contributed by atoms with Gasteiger partial charge in [-0.25, -0.2) is 0 Å². The molecule has 2 nitrogen and oxygen atoms in total. The van der Waals surface area contributed by atoms with E-state index in [9.17, 15) is 13.6 Å². The van der Waals surface area contributed by atoms with Crippen molar-refractivity contribution in [1.29, 1.82) is 0 Å². The van der Waals surface area contributed by atoms with E-state index in [0.29, 0.717) is 6.29 Å². The van der Waals surface area contributed by atoms with Crippen LogP contribution in [0, 0.1) is 0 Å². The van der Waals surface area contributed by atoms with Crippen molar-refractivity contribution >= 4 is 17.9 Å². The van der Waals surface area contributed by atoms with Crippen molar-refractivity contribution in [3.8, 4) is 5.75 Å². The van der Waals surface area contributed by atoms with Gasteiger partial charge in [0.2, 0.25) is 0 Å². The molecule has 0 atom stereocenters. The van der Waals surface area contributed by atoms with E-state index in [2.05, 4.69) is 0 Å². The van der Waals surface area contributed by atoms with Gasteiger partial charge in [0.25, 0.3) is 0 Å². The number of benzene rings is 2. The summed E-state index contributed by atoms with van der Waals surface area (Å²) in [6.45, 7) is -0.887. The molecule has 0 radical (unpaired) electrons. The average Bonchev–Trinajstić information content (AvgIpc) is 2.46. The summed E-state index contributed by atoms with van der Waals surface area (Å²) in [5.74, 6) is -3.19. The molecule has 0 aromatic heterocycles. The SMILES string of the molecule is O=Cc1cccc(Cl)c1OCC(F)(F)c1ccccc1. The van der Waals surface area contributed by atoms with Gasteiger partial charge < -0.3 is 4.74 Å². The number of carbonyl (C=O) groups is 1. The van der Waals surface area contributed by atoms with Gasteiger partial charge in [-0.3, -0.25) is 4.79 Å². The van der Waals surface area contributed by atoms with Crippen LogP contribution in [-0.4, -0.2) is 12.9 Å². The fraction of sp³-hybridized carbons (Fsp3) is 0.133. The first-order valence-corrected chi connectivity index (χ1v) is 6.22. The van der Waals surface area contributed by atoms with Crippen molar-refractivity contribution < 1.29 is 18.3 Å². The van der Waals surface area contributed by atoms with E-state index in [0.717, 1.165) is 0 Å². The standard InChI is InChI=1S/C15H11ClF2O2/c16-13-8-4-5-11(9-19)14(13)20-10-15(17,18)12-6-2-1-3-7-12/h1-9H,10H2. The number of halogens is 3. The fourth-order valence-electron chi connectivity index (χ4n) is 1.70. The molecule has 5 heteroatoms. The van der Waals surface area contributed by atoms with E-state index in [1.165, 1.54) is 36.4 Å². The first-order chi connectivity index (χ1) is 9.54. The number of ether oxygens (including phenoxy) is 1. The Morgan fingerprint density at radius 2 is 1.80 bits per heavy atom. The van der Waals surface area contributed by atoms with Crippen LogP contribution in [-0.2, 0) is 5.92 Å². The van der Waals surface area contributed by atoms with Crippen molar-refractivity contribution in [2.45, 2.75) is 5.92 Å². The molecule has 2 aromatic rings. The number of alkyl halides is 2. The molecule has 2 aromatic carbocycles. The summed E-state index contributed by atoms with van der Waals surface area (Å²) in [6.07, 6.45) is 0.516. The molecular weight excluding hydrogens is 286 g/mol. The second-order valence-electron chi connectivity index (χ2n) is 4.14. The van der Waals surface area contributed by atoms with Crippen LogP contribution in [0.1, 0.15) is 15.9 Å². The molecule has 0 N–H and O–H groups in total. The maximum Gasteiger partial charge on any atom is 0.306 e. The molecule has 0 heterocycles. The zero-order valence-corrected chi connectivity index (χ0v) is 11.1. The Morgan fingerprint density at radius 1 is 1.10 bits per heavy atom. The Balaban J connectivity index is 2.19. The van der Waals surface area contributed by atoms with Gasteiger partial charge in [0.05, 0.1) is 10.6 Å². The highest BCUT2D eigenvalue weighted by Crippen LogP contribution is 2.32. The Morgan fingerprint density at radius 3 is 2.45 bits per heavy atom. The van der Waals surface area contributed by atoms with Crippen LogP contribution in [0.2, 0.25) is 5.02 Å². The van der Waals surface area contributed by atoms with E-state index in [-0.39, 0.29) is 21.9 Å². The van der Waals surface area contributed by atoms with Crippen molar-refractivity contribution in [3.63, 3.8) is 0 Å². The Hall–Kier alpha value is -1.94. The highest BCUT2D eigenvalue weighted by atomic mass is 35.5. The maximum absolute atomic E-state index is 14.0. The first-order valence-electron chi connectivity index (χ1n) is 5.84. The van der Waals surface area contributed by atoms with Gasteiger partial charge in [-0.05, 0) is 12.1 Å². The summed E-state index contributed by atoms with van der Waals surface area (Å²) in [5, 5.41) is 0.124. The molecular formula is C15H11ClF2O2. The topological polar surface area (TPSA) is 26.3 Å². The van der Waals surface area contributed by atoms with Crippen molar-refractivity contribution in [3.05, 3.63) is 64.7 Å². The predicted molar refractivity (Wildman–Crippen MR) is 72.7 cm³/mol. The molecule has 0 saturated heterocycles. The van der Waals surface area contributed by atoms with Gasteiger partial charge in [0.15, 0.2) is 12.9 Å². The molecule has 2 rings (SSSR count). The first kappa shape index (κ1) is 14.5. The van der Waals surface area contributed by atoms with Crippen LogP contribution in [0.3, 0.4) is 0 Å². The Kier molecular flexibility index (Phi) is 4.35. The van der Waals surface area contributed by atoms with Crippen LogP contribution in [0.15, 0.2) is 48.5 Å². The Labute approximate surface area is 119 Å². The van der Waals surface area contributed by atoms with Crippen molar-refractivity contribution in [2.75, 3.05) is 6.61 Å². The molecule has 0 bridgehead atoms. The second kappa shape index (κ2) is 6.01. The maximum atomic E-state index is 14.0. The normalized spacial score (nSPS) is 11.2. The van der Waals surface area contributed by atoms with Crippen LogP contribution in [0.5, 0.6) is 5.75 Å². The number of hydrogen-bond donors (Lipinski definition) is 0. The average molecular weight is 297 g/mol. The minimum atomic E-state index is -3.17. The van der Waals surface area contributed by atoms with Gasteiger partial charge in [-0.2, -0.15) is 8.78 Å².